The largest absolute Gasteiger partial charge is 0.369 e. The number of hydrogen-bond donors (Lipinski definition) is 1. The van der Waals surface area contributed by atoms with E-state index in [0.717, 1.165) is 17.8 Å². The predicted molar refractivity (Wildman–Crippen MR) is 80.9 cm³/mol. The van der Waals surface area contributed by atoms with Crippen LogP contribution in [0, 0.1) is 0 Å². The SMILES string of the molecule is CCCNc1cnc(C(=O)N(C)Cc2cccs2)cn1. The molecule has 1 amide bonds. The van der Waals surface area contributed by atoms with Crippen molar-refractivity contribution in [1.29, 1.82) is 0 Å². The standard InChI is InChI=1S/C14H18N4OS/c1-3-6-15-13-9-16-12(8-17-13)14(19)18(2)10-11-5-4-7-20-11/h4-5,7-9H,3,6,10H2,1-2H3,(H,15,17). The highest BCUT2D eigenvalue weighted by Gasteiger charge is 2.14. The molecule has 106 valence electrons. The molecule has 0 bridgehead atoms. The lowest BCUT2D eigenvalue weighted by Crippen LogP contribution is -2.26. The number of rotatable bonds is 6. The van der Waals surface area contributed by atoms with Crippen LogP contribution in [0.25, 0.3) is 0 Å². The molecule has 0 aliphatic heterocycles. The highest BCUT2D eigenvalue weighted by Crippen LogP contribution is 2.12. The molecule has 2 aromatic rings. The molecule has 20 heavy (non-hydrogen) atoms. The molecule has 0 fully saturated rings. The Balaban J connectivity index is 1.97. The fourth-order valence-corrected chi connectivity index (χ4v) is 2.44. The molecule has 0 spiro atoms. The summed E-state index contributed by atoms with van der Waals surface area (Å²) in [7, 11) is 1.77. The third-order valence-electron chi connectivity index (χ3n) is 2.75. The molecule has 0 aromatic carbocycles. The summed E-state index contributed by atoms with van der Waals surface area (Å²) in [5.74, 6) is 0.581. The molecule has 6 heteroatoms. The summed E-state index contributed by atoms with van der Waals surface area (Å²) < 4.78 is 0. The van der Waals surface area contributed by atoms with Crippen LogP contribution < -0.4 is 5.32 Å². The number of anilines is 1. The lowest BCUT2D eigenvalue weighted by Gasteiger charge is -2.15. The van der Waals surface area contributed by atoms with E-state index in [-0.39, 0.29) is 5.91 Å². The minimum absolute atomic E-state index is 0.118. The van der Waals surface area contributed by atoms with Gasteiger partial charge in [-0.25, -0.2) is 9.97 Å². The molecule has 2 aromatic heterocycles. The van der Waals surface area contributed by atoms with Crippen LogP contribution >= 0.6 is 11.3 Å². The molecular weight excluding hydrogens is 272 g/mol. The van der Waals surface area contributed by atoms with Gasteiger partial charge in [0.2, 0.25) is 0 Å². The minimum atomic E-state index is -0.118. The maximum atomic E-state index is 12.2. The molecule has 0 radical (unpaired) electrons. The molecule has 0 aliphatic rings. The van der Waals surface area contributed by atoms with Crippen molar-refractivity contribution in [3.05, 3.63) is 40.5 Å². The lowest BCUT2D eigenvalue weighted by molar-refractivity contribution is 0.0780. The Labute approximate surface area is 122 Å². The number of amides is 1. The van der Waals surface area contributed by atoms with Gasteiger partial charge in [0.05, 0.1) is 18.9 Å². The van der Waals surface area contributed by atoms with Crippen LogP contribution in [0.3, 0.4) is 0 Å². The third kappa shape index (κ3) is 3.77. The van der Waals surface area contributed by atoms with Crippen molar-refractivity contribution in [2.75, 3.05) is 18.9 Å². The average molecular weight is 290 g/mol. The fourth-order valence-electron chi connectivity index (χ4n) is 1.69. The van der Waals surface area contributed by atoms with Gasteiger partial charge in [0, 0.05) is 18.5 Å². The molecule has 0 atom stereocenters. The van der Waals surface area contributed by atoms with Gasteiger partial charge < -0.3 is 10.2 Å². The van der Waals surface area contributed by atoms with Gasteiger partial charge in [-0.05, 0) is 17.9 Å². The van der Waals surface area contributed by atoms with E-state index >= 15 is 0 Å². The van der Waals surface area contributed by atoms with Gasteiger partial charge in [-0.3, -0.25) is 4.79 Å². The number of carbonyl (C=O) groups excluding carboxylic acids is 1. The van der Waals surface area contributed by atoms with Crippen LogP contribution in [-0.4, -0.2) is 34.4 Å². The Morgan fingerprint density at radius 1 is 1.40 bits per heavy atom. The minimum Gasteiger partial charge on any atom is -0.369 e. The van der Waals surface area contributed by atoms with E-state index in [2.05, 4.69) is 22.2 Å². The summed E-state index contributed by atoms with van der Waals surface area (Å²) in [6.07, 6.45) is 4.14. The van der Waals surface area contributed by atoms with E-state index in [4.69, 9.17) is 0 Å². The van der Waals surface area contributed by atoms with Crippen LogP contribution in [0.15, 0.2) is 29.9 Å². The van der Waals surface area contributed by atoms with Gasteiger partial charge in [-0.1, -0.05) is 13.0 Å². The van der Waals surface area contributed by atoms with Gasteiger partial charge in [-0.2, -0.15) is 0 Å². The van der Waals surface area contributed by atoms with Crippen molar-refractivity contribution in [2.24, 2.45) is 0 Å². The van der Waals surface area contributed by atoms with Crippen LogP contribution in [0.4, 0.5) is 5.82 Å². The van der Waals surface area contributed by atoms with Gasteiger partial charge >= 0.3 is 0 Å². The summed E-state index contributed by atoms with van der Waals surface area (Å²) in [5.41, 5.74) is 0.367. The van der Waals surface area contributed by atoms with Crippen molar-refractivity contribution >= 4 is 23.1 Å². The molecule has 5 nitrogen and oxygen atoms in total. The molecule has 0 saturated heterocycles. The Morgan fingerprint density at radius 2 is 2.25 bits per heavy atom. The number of thiophene rings is 1. The van der Waals surface area contributed by atoms with Crippen molar-refractivity contribution in [3.8, 4) is 0 Å². The number of carbonyl (C=O) groups is 1. The molecule has 0 saturated carbocycles. The summed E-state index contributed by atoms with van der Waals surface area (Å²) >= 11 is 1.64. The fraction of sp³-hybridized carbons (Fsp3) is 0.357. The van der Waals surface area contributed by atoms with E-state index < -0.39 is 0 Å². The Morgan fingerprint density at radius 3 is 2.85 bits per heavy atom. The number of hydrogen-bond acceptors (Lipinski definition) is 5. The summed E-state index contributed by atoms with van der Waals surface area (Å²) in [4.78, 5) is 23.4. The van der Waals surface area contributed by atoms with Gasteiger partial charge in [0.25, 0.3) is 5.91 Å². The second kappa shape index (κ2) is 7.00. The topological polar surface area (TPSA) is 58.1 Å². The van der Waals surface area contributed by atoms with Crippen LogP contribution in [0.1, 0.15) is 28.7 Å². The maximum absolute atomic E-state index is 12.2. The Hall–Kier alpha value is -1.95. The first-order valence-corrected chi connectivity index (χ1v) is 7.42. The van der Waals surface area contributed by atoms with Crippen LogP contribution in [0.2, 0.25) is 0 Å². The monoisotopic (exact) mass is 290 g/mol. The molecule has 2 heterocycles. The van der Waals surface area contributed by atoms with E-state index in [1.807, 2.05) is 17.5 Å². The van der Waals surface area contributed by atoms with E-state index in [1.165, 1.54) is 6.20 Å². The molecular formula is C14H18N4OS. The quantitative estimate of drug-likeness (QED) is 0.888. The normalized spacial score (nSPS) is 10.3. The van der Waals surface area contributed by atoms with Crippen molar-refractivity contribution < 1.29 is 4.79 Å². The predicted octanol–water partition coefficient (Wildman–Crippen LogP) is 2.63. The second-order valence-corrected chi connectivity index (χ2v) is 5.49. The smallest absolute Gasteiger partial charge is 0.274 e. The van der Waals surface area contributed by atoms with E-state index in [0.29, 0.717) is 18.1 Å². The zero-order valence-electron chi connectivity index (χ0n) is 11.7. The highest BCUT2D eigenvalue weighted by atomic mass is 32.1. The van der Waals surface area contributed by atoms with E-state index in [1.54, 1.807) is 29.5 Å². The van der Waals surface area contributed by atoms with Crippen molar-refractivity contribution in [3.63, 3.8) is 0 Å². The van der Waals surface area contributed by atoms with Gasteiger partial charge in [0.1, 0.15) is 11.5 Å². The highest BCUT2D eigenvalue weighted by molar-refractivity contribution is 7.09. The first-order valence-electron chi connectivity index (χ1n) is 6.54. The zero-order valence-corrected chi connectivity index (χ0v) is 12.5. The summed E-state index contributed by atoms with van der Waals surface area (Å²) in [5, 5.41) is 5.13. The number of aromatic nitrogens is 2. The van der Waals surface area contributed by atoms with Crippen LogP contribution in [-0.2, 0) is 6.54 Å². The molecule has 1 N–H and O–H groups in total. The maximum Gasteiger partial charge on any atom is 0.274 e. The van der Waals surface area contributed by atoms with Crippen molar-refractivity contribution in [2.45, 2.75) is 19.9 Å². The summed E-state index contributed by atoms with van der Waals surface area (Å²) in [6, 6.07) is 3.99. The third-order valence-corrected chi connectivity index (χ3v) is 3.61. The molecule has 0 unspecified atom stereocenters. The Bertz CT molecular complexity index is 539. The van der Waals surface area contributed by atoms with Gasteiger partial charge in [-0.15, -0.1) is 11.3 Å². The summed E-state index contributed by atoms with van der Waals surface area (Å²) in [6.45, 7) is 3.52. The second-order valence-electron chi connectivity index (χ2n) is 4.45. The van der Waals surface area contributed by atoms with Crippen molar-refractivity contribution in [1.82, 2.24) is 14.9 Å². The lowest BCUT2D eigenvalue weighted by atomic mass is 10.3. The zero-order chi connectivity index (χ0) is 14.4. The first kappa shape index (κ1) is 14.5. The Kier molecular flexibility index (Phi) is 5.06. The first-order chi connectivity index (χ1) is 9.70. The van der Waals surface area contributed by atoms with E-state index in [9.17, 15) is 4.79 Å². The van der Waals surface area contributed by atoms with Gasteiger partial charge in [0.15, 0.2) is 0 Å². The van der Waals surface area contributed by atoms with Crippen LogP contribution in [0.5, 0.6) is 0 Å². The average Bonchev–Trinajstić information content (AvgIpc) is 2.97. The molecule has 0 aliphatic carbocycles. The number of nitrogens with zero attached hydrogens (tertiary/aromatic N) is 3. The molecule has 2 rings (SSSR count). The number of nitrogens with one attached hydrogen (secondary N) is 1.